The van der Waals surface area contributed by atoms with E-state index in [4.69, 9.17) is 0 Å². The first-order chi connectivity index (χ1) is 8.42. The highest BCUT2D eigenvalue weighted by atomic mass is 15.1. The molecule has 0 N–H and O–H groups in total. The minimum absolute atomic E-state index is 0.690. The van der Waals surface area contributed by atoms with Gasteiger partial charge in [-0.25, -0.2) is 0 Å². The standard InChI is InChI=1S/C16H15N/c1-3-7-15-13(6-1)10-17-11-14(15)9-12-5-2-4-8-16(12)17/h1-8,14H,9-11H2. The Morgan fingerprint density at radius 3 is 2.59 bits per heavy atom. The molecule has 0 saturated carbocycles. The molecule has 0 saturated heterocycles. The lowest BCUT2D eigenvalue weighted by Gasteiger charge is -2.41. The van der Waals surface area contributed by atoms with Gasteiger partial charge in [-0.05, 0) is 29.2 Å². The van der Waals surface area contributed by atoms with Crippen LogP contribution in [0.15, 0.2) is 48.5 Å². The van der Waals surface area contributed by atoms with Gasteiger partial charge in [-0.3, -0.25) is 0 Å². The summed E-state index contributed by atoms with van der Waals surface area (Å²) in [6.07, 6.45) is 1.20. The molecule has 2 aliphatic heterocycles. The van der Waals surface area contributed by atoms with E-state index in [1.165, 1.54) is 29.8 Å². The zero-order chi connectivity index (χ0) is 11.2. The molecule has 0 radical (unpaired) electrons. The van der Waals surface area contributed by atoms with Crippen LogP contribution in [0.4, 0.5) is 5.69 Å². The second-order valence-corrected chi connectivity index (χ2v) is 5.11. The third-order valence-electron chi connectivity index (χ3n) is 4.10. The summed E-state index contributed by atoms with van der Waals surface area (Å²) in [4.78, 5) is 2.53. The summed E-state index contributed by atoms with van der Waals surface area (Å²) in [6, 6.07) is 17.8. The van der Waals surface area contributed by atoms with E-state index >= 15 is 0 Å². The molecule has 1 heteroatoms. The van der Waals surface area contributed by atoms with E-state index in [0.29, 0.717) is 5.92 Å². The summed E-state index contributed by atoms with van der Waals surface area (Å²) < 4.78 is 0. The Morgan fingerprint density at radius 1 is 0.882 bits per heavy atom. The van der Waals surface area contributed by atoms with Crippen molar-refractivity contribution in [1.29, 1.82) is 0 Å². The van der Waals surface area contributed by atoms with Gasteiger partial charge in [0.05, 0.1) is 0 Å². The summed E-state index contributed by atoms with van der Waals surface area (Å²) in [5.74, 6) is 0.690. The topological polar surface area (TPSA) is 3.24 Å². The first-order valence-electron chi connectivity index (χ1n) is 6.32. The molecule has 2 aliphatic rings. The first-order valence-corrected chi connectivity index (χ1v) is 6.32. The Balaban J connectivity index is 1.86. The maximum atomic E-state index is 2.53. The molecule has 17 heavy (non-hydrogen) atoms. The molecule has 2 aromatic carbocycles. The highest BCUT2D eigenvalue weighted by Gasteiger charge is 2.30. The van der Waals surface area contributed by atoms with Gasteiger partial charge in [0.15, 0.2) is 0 Å². The molecule has 0 aliphatic carbocycles. The molecule has 4 rings (SSSR count). The number of hydrogen-bond donors (Lipinski definition) is 0. The quantitative estimate of drug-likeness (QED) is 0.659. The number of benzene rings is 2. The second-order valence-electron chi connectivity index (χ2n) is 5.11. The van der Waals surface area contributed by atoms with E-state index in [1.54, 1.807) is 5.56 Å². The summed E-state index contributed by atoms with van der Waals surface area (Å²) in [5.41, 5.74) is 6.04. The molecule has 2 bridgehead atoms. The van der Waals surface area contributed by atoms with Crippen molar-refractivity contribution in [2.45, 2.75) is 18.9 Å². The molecule has 1 atom stereocenters. The first kappa shape index (κ1) is 9.29. The smallest absolute Gasteiger partial charge is 0.0432 e. The maximum absolute atomic E-state index is 2.53. The maximum Gasteiger partial charge on any atom is 0.0432 e. The van der Waals surface area contributed by atoms with E-state index in [-0.39, 0.29) is 0 Å². The van der Waals surface area contributed by atoms with E-state index in [2.05, 4.69) is 53.4 Å². The third-order valence-corrected chi connectivity index (χ3v) is 4.10. The molecule has 1 unspecified atom stereocenters. The highest BCUT2D eigenvalue weighted by molar-refractivity contribution is 5.59. The van der Waals surface area contributed by atoms with Crippen molar-refractivity contribution in [1.82, 2.24) is 0 Å². The van der Waals surface area contributed by atoms with Gasteiger partial charge in [0, 0.05) is 24.7 Å². The molecule has 84 valence electrons. The molecule has 0 spiro atoms. The lowest BCUT2D eigenvalue weighted by molar-refractivity contribution is 0.569. The van der Waals surface area contributed by atoms with Gasteiger partial charge in [0.1, 0.15) is 0 Å². The number of para-hydroxylation sites is 1. The van der Waals surface area contributed by atoms with Gasteiger partial charge in [0.25, 0.3) is 0 Å². The van der Waals surface area contributed by atoms with E-state index < -0.39 is 0 Å². The highest BCUT2D eigenvalue weighted by Crippen LogP contribution is 2.40. The van der Waals surface area contributed by atoms with E-state index in [0.717, 1.165) is 6.54 Å². The van der Waals surface area contributed by atoms with Crippen molar-refractivity contribution < 1.29 is 0 Å². The van der Waals surface area contributed by atoms with Crippen LogP contribution in [0.2, 0.25) is 0 Å². The van der Waals surface area contributed by atoms with Crippen LogP contribution in [-0.2, 0) is 13.0 Å². The Labute approximate surface area is 102 Å². The average Bonchev–Trinajstić information content (AvgIpc) is 2.39. The van der Waals surface area contributed by atoms with Gasteiger partial charge in [0.2, 0.25) is 0 Å². The van der Waals surface area contributed by atoms with Crippen LogP contribution in [0.5, 0.6) is 0 Å². The Bertz CT molecular complexity index is 522. The minimum atomic E-state index is 0.690. The van der Waals surface area contributed by atoms with Crippen LogP contribution >= 0.6 is 0 Å². The summed E-state index contributed by atoms with van der Waals surface area (Å²) in [5, 5.41) is 0. The lowest BCUT2D eigenvalue weighted by atomic mass is 9.81. The summed E-state index contributed by atoms with van der Waals surface area (Å²) in [7, 11) is 0. The predicted octanol–water partition coefficient (Wildman–Crippen LogP) is 3.35. The molecule has 2 aromatic rings. The lowest BCUT2D eigenvalue weighted by Crippen LogP contribution is -2.38. The fraction of sp³-hybridized carbons (Fsp3) is 0.250. The molecular weight excluding hydrogens is 206 g/mol. The van der Waals surface area contributed by atoms with E-state index in [1.807, 2.05) is 0 Å². The van der Waals surface area contributed by atoms with Crippen LogP contribution in [-0.4, -0.2) is 6.54 Å². The number of hydrogen-bond acceptors (Lipinski definition) is 1. The SMILES string of the molecule is c1ccc2c(c1)CN1CC2Cc2ccccc21. The largest absolute Gasteiger partial charge is 0.366 e. The van der Waals surface area contributed by atoms with Crippen LogP contribution in [0.25, 0.3) is 0 Å². The van der Waals surface area contributed by atoms with Gasteiger partial charge in [-0.2, -0.15) is 0 Å². The summed E-state index contributed by atoms with van der Waals surface area (Å²) in [6.45, 7) is 2.26. The predicted molar refractivity (Wildman–Crippen MR) is 70.4 cm³/mol. The molecule has 1 nitrogen and oxygen atoms in total. The molecule has 2 heterocycles. The zero-order valence-electron chi connectivity index (χ0n) is 9.76. The number of anilines is 1. The zero-order valence-corrected chi connectivity index (χ0v) is 9.76. The Kier molecular flexibility index (Phi) is 1.84. The van der Waals surface area contributed by atoms with Gasteiger partial charge < -0.3 is 4.90 Å². The number of fused-ring (bicyclic) bond motifs is 6. The van der Waals surface area contributed by atoms with E-state index in [9.17, 15) is 0 Å². The van der Waals surface area contributed by atoms with Crippen molar-refractivity contribution >= 4 is 5.69 Å². The van der Waals surface area contributed by atoms with Crippen molar-refractivity contribution in [2.75, 3.05) is 11.4 Å². The monoisotopic (exact) mass is 221 g/mol. The third kappa shape index (κ3) is 1.32. The normalized spacial score (nSPS) is 20.7. The van der Waals surface area contributed by atoms with Crippen LogP contribution in [0.1, 0.15) is 22.6 Å². The second kappa shape index (κ2) is 3.36. The fourth-order valence-electron chi connectivity index (χ4n) is 3.33. The molecular formula is C16H15N. The van der Waals surface area contributed by atoms with Crippen molar-refractivity contribution in [3.8, 4) is 0 Å². The van der Waals surface area contributed by atoms with Gasteiger partial charge in [-0.1, -0.05) is 42.5 Å². The van der Waals surface area contributed by atoms with Crippen molar-refractivity contribution in [3.63, 3.8) is 0 Å². The van der Waals surface area contributed by atoms with Crippen molar-refractivity contribution in [3.05, 3.63) is 65.2 Å². The van der Waals surface area contributed by atoms with Gasteiger partial charge >= 0.3 is 0 Å². The Morgan fingerprint density at radius 2 is 1.65 bits per heavy atom. The molecule has 0 fully saturated rings. The van der Waals surface area contributed by atoms with Crippen LogP contribution < -0.4 is 4.90 Å². The minimum Gasteiger partial charge on any atom is -0.366 e. The average molecular weight is 221 g/mol. The van der Waals surface area contributed by atoms with Crippen LogP contribution in [0, 0.1) is 0 Å². The Hall–Kier alpha value is -1.76. The summed E-state index contributed by atoms with van der Waals surface area (Å²) >= 11 is 0. The van der Waals surface area contributed by atoms with Gasteiger partial charge in [-0.15, -0.1) is 0 Å². The molecule has 0 aromatic heterocycles. The number of nitrogens with zero attached hydrogens (tertiary/aromatic N) is 1. The van der Waals surface area contributed by atoms with Crippen LogP contribution in [0.3, 0.4) is 0 Å². The molecule has 0 amide bonds. The fourth-order valence-corrected chi connectivity index (χ4v) is 3.33. The number of rotatable bonds is 0. The van der Waals surface area contributed by atoms with Crippen molar-refractivity contribution in [2.24, 2.45) is 0 Å².